The smallest absolute Gasteiger partial charge is 0.146 e. The highest BCUT2D eigenvalue weighted by atomic mass is 15.3. The maximum atomic E-state index is 4.29. The Hall–Kier alpha value is -1.69. The van der Waals surface area contributed by atoms with Gasteiger partial charge in [0.25, 0.3) is 0 Å². The van der Waals surface area contributed by atoms with Gasteiger partial charge >= 0.3 is 0 Å². The second-order valence-electron chi connectivity index (χ2n) is 3.89. The molecule has 0 saturated carbocycles. The van der Waals surface area contributed by atoms with E-state index in [0.29, 0.717) is 0 Å². The van der Waals surface area contributed by atoms with Crippen LogP contribution in [0.2, 0.25) is 0 Å². The van der Waals surface area contributed by atoms with Crippen molar-refractivity contribution in [3.05, 3.63) is 30.1 Å². The lowest BCUT2D eigenvalue weighted by Crippen LogP contribution is -2.24. The zero-order valence-electron chi connectivity index (χ0n) is 10.2. The molecule has 0 aliphatic rings. The average molecular weight is 234 g/mol. The summed E-state index contributed by atoms with van der Waals surface area (Å²) in [6, 6.07) is 0.0396. The minimum atomic E-state index is 0.0396. The summed E-state index contributed by atoms with van der Waals surface area (Å²) in [6.07, 6.45) is 6.52. The van der Waals surface area contributed by atoms with E-state index in [0.717, 1.165) is 30.9 Å². The second kappa shape index (κ2) is 5.58. The number of H-pyrrole nitrogens is 1. The van der Waals surface area contributed by atoms with Crippen LogP contribution in [0, 0.1) is 0 Å². The molecule has 2 heterocycles. The SMILES string of the molecule is CCCNC(c1cnn(CC)c1)c1ncn[nH]1. The molecule has 2 aromatic heterocycles. The van der Waals surface area contributed by atoms with Gasteiger partial charge in [-0.3, -0.25) is 9.78 Å². The summed E-state index contributed by atoms with van der Waals surface area (Å²) in [6.45, 7) is 6.01. The van der Waals surface area contributed by atoms with Crippen LogP contribution in [0.1, 0.15) is 37.7 Å². The zero-order valence-corrected chi connectivity index (χ0v) is 10.2. The lowest BCUT2D eigenvalue weighted by atomic mass is 10.1. The van der Waals surface area contributed by atoms with Crippen LogP contribution >= 0.6 is 0 Å². The Labute approximate surface area is 100 Å². The van der Waals surface area contributed by atoms with Gasteiger partial charge in [0.2, 0.25) is 0 Å². The predicted octanol–water partition coefficient (Wildman–Crippen LogP) is 1.11. The molecule has 0 bridgehead atoms. The number of hydrogen-bond acceptors (Lipinski definition) is 4. The summed E-state index contributed by atoms with van der Waals surface area (Å²) in [5.41, 5.74) is 1.11. The van der Waals surface area contributed by atoms with Crippen LogP contribution in [0.4, 0.5) is 0 Å². The number of aryl methyl sites for hydroxylation is 1. The molecule has 0 amide bonds. The first-order valence-corrected chi connectivity index (χ1v) is 5.96. The molecule has 1 atom stereocenters. The molecule has 2 N–H and O–H groups in total. The van der Waals surface area contributed by atoms with Crippen molar-refractivity contribution in [1.82, 2.24) is 30.3 Å². The van der Waals surface area contributed by atoms with E-state index in [1.165, 1.54) is 6.33 Å². The van der Waals surface area contributed by atoms with Crippen LogP contribution in [0.3, 0.4) is 0 Å². The van der Waals surface area contributed by atoms with Crippen LogP contribution in [0.25, 0.3) is 0 Å². The Kier molecular flexibility index (Phi) is 3.87. The van der Waals surface area contributed by atoms with E-state index in [1.54, 1.807) is 0 Å². The highest BCUT2D eigenvalue weighted by Crippen LogP contribution is 2.17. The van der Waals surface area contributed by atoms with Crippen LogP contribution in [0.5, 0.6) is 0 Å². The molecule has 0 fully saturated rings. The minimum Gasteiger partial charge on any atom is -0.304 e. The fraction of sp³-hybridized carbons (Fsp3) is 0.545. The van der Waals surface area contributed by atoms with Crippen molar-refractivity contribution in [2.75, 3.05) is 6.54 Å². The largest absolute Gasteiger partial charge is 0.304 e. The van der Waals surface area contributed by atoms with Gasteiger partial charge in [-0.1, -0.05) is 6.92 Å². The Morgan fingerprint density at radius 3 is 2.94 bits per heavy atom. The highest BCUT2D eigenvalue weighted by Gasteiger charge is 2.17. The monoisotopic (exact) mass is 234 g/mol. The number of nitrogens with zero attached hydrogens (tertiary/aromatic N) is 4. The first-order valence-electron chi connectivity index (χ1n) is 5.96. The standard InChI is InChI=1S/C11H18N6/c1-3-5-12-10(11-13-8-14-16-11)9-6-15-17(4-2)7-9/h6-8,10,12H,3-5H2,1-2H3,(H,13,14,16). The van der Waals surface area contributed by atoms with Crippen molar-refractivity contribution >= 4 is 0 Å². The van der Waals surface area contributed by atoms with Gasteiger partial charge in [-0.05, 0) is 19.9 Å². The first-order chi connectivity index (χ1) is 8.35. The van der Waals surface area contributed by atoms with E-state index < -0.39 is 0 Å². The van der Waals surface area contributed by atoms with Gasteiger partial charge in [-0.2, -0.15) is 10.2 Å². The number of hydrogen-bond donors (Lipinski definition) is 2. The maximum Gasteiger partial charge on any atom is 0.146 e. The minimum absolute atomic E-state index is 0.0396. The number of nitrogens with one attached hydrogen (secondary N) is 2. The van der Waals surface area contributed by atoms with Crippen molar-refractivity contribution in [1.29, 1.82) is 0 Å². The molecule has 0 aromatic carbocycles. The zero-order chi connectivity index (χ0) is 12.1. The van der Waals surface area contributed by atoms with E-state index in [1.807, 2.05) is 17.1 Å². The average Bonchev–Trinajstić information content (AvgIpc) is 3.00. The number of aromatic nitrogens is 5. The van der Waals surface area contributed by atoms with Gasteiger partial charge in [-0.15, -0.1) is 0 Å². The summed E-state index contributed by atoms with van der Waals surface area (Å²) in [5, 5.41) is 14.5. The molecular weight excluding hydrogens is 216 g/mol. The van der Waals surface area contributed by atoms with Crippen LogP contribution < -0.4 is 5.32 Å². The van der Waals surface area contributed by atoms with Crippen molar-refractivity contribution in [2.24, 2.45) is 0 Å². The molecule has 0 spiro atoms. The van der Waals surface area contributed by atoms with Crippen LogP contribution in [-0.4, -0.2) is 31.5 Å². The van der Waals surface area contributed by atoms with Crippen molar-refractivity contribution < 1.29 is 0 Å². The molecule has 6 heteroatoms. The maximum absolute atomic E-state index is 4.29. The predicted molar refractivity (Wildman–Crippen MR) is 64.4 cm³/mol. The molecular formula is C11H18N6. The van der Waals surface area contributed by atoms with Gasteiger partial charge in [0.05, 0.1) is 12.2 Å². The highest BCUT2D eigenvalue weighted by molar-refractivity contribution is 5.18. The second-order valence-corrected chi connectivity index (χ2v) is 3.89. The Balaban J connectivity index is 2.20. The van der Waals surface area contributed by atoms with Crippen molar-refractivity contribution in [3.63, 3.8) is 0 Å². The Morgan fingerprint density at radius 1 is 1.47 bits per heavy atom. The van der Waals surface area contributed by atoms with Gasteiger partial charge in [0.15, 0.2) is 0 Å². The van der Waals surface area contributed by atoms with E-state index in [2.05, 4.69) is 39.4 Å². The van der Waals surface area contributed by atoms with E-state index in [9.17, 15) is 0 Å². The van der Waals surface area contributed by atoms with E-state index in [4.69, 9.17) is 0 Å². The molecule has 0 aliphatic carbocycles. The lowest BCUT2D eigenvalue weighted by molar-refractivity contribution is 0.572. The van der Waals surface area contributed by atoms with Gasteiger partial charge in [0.1, 0.15) is 12.2 Å². The molecule has 0 radical (unpaired) electrons. The number of rotatable bonds is 6. The Bertz CT molecular complexity index is 433. The van der Waals surface area contributed by atoms with Crippen molar-refractivity contribution in [3.8, 4) is 0 Å². The summed E-state index contributed by atoms with van der Waals surface area (Å²) in [5.74, 6) is 0.828. The molecule has 92 valence electrons. The summed E-state index contributed by atoms with van der Waals surface area (Å²) in [4.78, 5) is 4.21. The Morgan fingerprint density at radius 2 is 2.35 bits per heavy atom. The number of aromatic amines is 1. The third-order valence-corrected chi connectivity index (χ3v) is 2.62. The van der Waals surface area contributed by atoms with Crippen LogP contribution in [-0.2, 0) is 6.54 Å². The molecule has 0 aliphatic heterocycles. The molecule has 2 aromatic rings. The lowest BCUT2D eigenvalue weighted by Gasteiger charge is -2.13. The van der Waals surface area contributed by atoms with Gasteiger partial charge in [0, 0.05) is 18.3 Å². The topological polar surface area (TPSA) is 71.4 Å². The molecule has 1 unspecified atom stereocenters. The third-order valence-electron chi connectivity index (χ3n) is 2.62. The van der Waals surface area contributed by atoms with Gasteiger partial charge in [-0.25, -0.2) is 4.98 Å². The molecule has 6 nitrogen and oxygen atoms in total. The molecule has 17 heavy (non-hydrogen) atoms. The molecule has 2 rings (SSSR count). The molecule has 0 saturated heterocycles. The normalized spacial score (nSPS) is 12.8. The van der Waals surface area contributed by atoms with Crippen LogP contribution in [0.15, 0.2) is 18.7 Å². The summed E-state index contributed by atoms with van der Waals surface area (Å²) < 4.78 is 1.91. The third kappa shape index (κ3) is 2.71. The fourth-order valence-electron chi connectivity index (χ4n) is 1.72. The van der Waals surface area contributed by atoms with Gasteiger partial charge < -0.3 is 5.32 Å². The quantitative estimate of drug-likeness (QED) is 0.785. The first kappa shape index (κ1) is 11.8. The summed E-state index contributed by atoms with van der Waals surface area (Å²) in [7, 11) is 0. The van der Waals surface area contributed by atoms with E-state index >= 15 is 0 Å². The van der Waals surface area contributed by atoms with E-state index in [-0.39, 0.29) is 6.04 Å². The van der Waals surface area contributed by atoms with Crippen molar-refractivity contribution in [2.45, 2.75) is 32.9 Å². The summed E-state index contributed by atoms with van der Waals surface area (Å²) >= 11 is 0. The fourth-order valence-corrected chi connectivity index (χ4v) is 1.72.